The molecule has 2 unspecified atom stereocenters. The molecule has 0 saturated heterocycles. The Hall–Kier alpha value is -0.710. The van der Waals surface area contributed by atoms with E-state index in [0.717, 1.165) is 0 Å². The predicted molar refractivity (Wildman–Crippen MR) is 40.5 cm³/mol. The Morgan fingerprint density at radius 2 is 2.23 bits per heavy atom. The minimum atomic E-state index is -2.74. The molecule has 1 saturated carbocycles. The maximum Gasteiger partial charge on any atom is 0.345 e. The SMILES string of the molecule is O=C(O)CC1CCC(OC(F)F)C1. The summed E-state index contributed by atoms with van der Waals surface area (Å²) in [5.74, 6) is -0.871. The van der Waals surface area contributed by atoms with Crippen molar-refractivity contribution in [2.75, 3.05) is 0 Å². The largest absolute Gasteiger partial charge is 0.481 e. The Morgan fingerprint density at radius 1 is 1.54 bits per heavy atom. The summed E-state index contributed by atoms with van der Waals surface area (Å²) in [4.78, 5) is 10.3. The van der Waals surface area contributed by atoms with E-state index in [1.165, 1.54) is 0 Å². The van der Waals surface area contributed by atoms with Crippen molar-refractivity contribution in [2.24, 2.45) is 5.92 Å². The molecule has 0 aromatic carbocycles. The molecule has 1 rings (SSSR count). The van der Waals surface area contributed by atoms with Crippen molar-refractivity contribution in [3.63, 3.8) is 0 Å². The van der Waals surface area contributed by atoms with Crippen LogP contribution in [0.25, 0.3) is 0 Å². The molecule has 0 aromatic rings. The standard InChI is InChI=1S/C8H12F2O3/c9-8(10)13-6-2-1-5(3-6)4-7(11)12/h5-6,8H,1-4H2,(H,11,12). The fourth-order valence-corrected chi connectivity index (χ4v) is 1.73. The zero-order valence-corrected chi connectivity index (χ0v) is 7.08. The number of carbonyl (C=O) groups is 1. The predicted octanol–water partition coefficient (Wildman–Crippen LogP) is 1.87. The van der Waals surface area contributed by atoms with E-state index in [-0.39, 0.29) is 12.3 Å². The molecule has 0 bridgehead atoms. The van der Waals surface area contributed by atoms with Gasteiger partial charge in [0.15, 0.2) is 0 Å². The third-order valence-electron chi connectivity index (χ3n) is 2.25. The number of rotatable bonds is 4. The number of carboxylic acid groups (broad SMARTS) is 1. The van der Waals surface area contributed by atoms with E-state index >= 15 is 0 Å². The fraction of sp³-hybridized carbons (Fsp3) is 0.875. The molecule has 76 valence electrons. The average Bonchev–Trinajstić information content (AvgIpc) is 2.33. The molecule has 5 heteroatoms. The van der Waals surface area contributed by atoms with E-state index in [9.17, 15) is 13.6 Å². The molecule has 0 aliphatic heterocycles. The first-order valence-corrected chi connectivity index (χ1v) is 4.23. The van der Waals surface area contributed by atoms with Gasteiger partial charge in [-0.25, -0.2) is 0 Å². The van der Waals surface area contributed by atoms with Crippen LogP contribution < -0.4 is 0 Å². The van der Waals surface area contributed by atoms with Crippen molar-refractivity contribution in [1.82, 2.24) is 0 Å². The number of alkyl halides is 2. The van der Waals surface area contributed by atoms with Gasteiger partial charge in [0.1, 0.15) is 0 Å². The molecular formula is C8H12F2O3. The maximum absolute atomic E-state index is 11.7. The minimum Gasteiger partial charge on any atom is -0.481 e. The lowest BCUT2D eigenvalue weighted by atomic mass is 10.0. The van der Waals surface area contributed by atoms with Crippen LogP contribution in [0, 0.1) is 5.92 Å². The highest BCUT2D eigenvalue weighted by Crippen LogP contribution is 2.31. The van der Waals surface area contributed by atoms with Crippen LogP contribution in [0.4, 0.5) is 8.78 Å². The monoisotopic (exact) mass is 194 g/mol. The third-order valence-corrected chi connectivity index (χ3v) is 2.25. The summed E-state index contributed by atoms with van der Waals surface area (Å²) in [6, 6.07) is 0. The van der Waals surface area contributed by atoms with Crippen LogP contribution >= 0.6 is 0 Å². The average molecular weight is 194 g/mol. The summed E-state index contributed by atoms with van der Waals surface area (Å²) >= 11 is 0. The van der Waals surface area contributed by atoms with Gasteiger partial charge in [-0.3, -0.25) is 4.79 Å². The molecule has 3 nitrogen and oxygen atoms in total. The van der Waals surface area contributed by atoms with Gasteiger partial charge in [-0.1, -0.05) is 0 Å². The van der Waals surface area contributed by atoms with Gasteiger partial charge in [-0.15, -0.1) is 0 Å². The molecule has 0 aromatic heterocycles. The van der Waals surface area contributed by atoms with E-state index < -0.39 is 18.7 Å². The number of hydrogen-bond acceptors (Lipinski definition) is 2. The van der Waals surface area contributed by atoms with Crippen molar-refractivity contribution >= 4 is 5.97 Å². The Kier molecular flexibility index (Phi) is 3.59. The Labute approximate surface area is 74.7 Å². The first-order chi connectivity index (χ1) is 6.08. The Morgan fingerprint density at radius 3 is 2.77 bits per heavy atom. The second kappa shape index (κ2) is 4.50. The number of halogens is 2. The molecule has 1 fully saturated rings. The topological polar surface area (TPSA) is 46.5 Å². The number of aliphatic carboxylic acids is 1. The van der Waals surface area contributed by atoms with Gasteiger partial charge in [-0.05, 0) is 25.2 Å². The molecule has 1 aliphatic rings. The zero-order valence-electron chi connectivity index (χ0n) is 7.08. The van der Waals surface area contributed by atoms with Crippen molar-refractivity contribution in [1.29, 1.82) is 0 Å². The van der Waals surface area contributed by atoms with E-state index in [2.05, 4.69) is 4.74 Å². The van der Waals surface area contributed by atoms with Crippen LogP contribution in [-0.4, -0.2) is 23.8 Å². The smallest absolute Gasteiger partial charge is 0.345 e. The highest BCUT2D eigenvalue weighted by molar-refractivity contribution is 5.67. The number of hydrogen-bond donors (Lipinski definition) is 1. The van der Waals surface area contributed by atoms with E-state index in [1.54, 1.807) is 0 Å². The lowest BCUT2D eigenvalue weighted by molar-refractivity contribution is -0.161. The second-order valence-electron chi connectivity index (χ2n) is 3.30. The molecule has 13 heavy (non-hydrogen) atoms. The van der Waals surface area contributed by atoms with Crippen molar-refractivity contribution in [3.05, 3.63) is 0 Å². The molecule has 1 N–H and O–H groups in total. The van der Waals surface area contributed by atoms with Crippen LogP contribution in [0.1, 0.15) is 25.7 Å². The van der Waals surface area contributed by atoms with Gasteiger partial charge in [0.05, 0.1) is 6.10 Å². The van der Waals surface area contributed by atoms with Crippen LogP contribution in [-0.2, 0) is 9.53 Å². The second-order valence-corrected chi connectivity index (χ2v) is 3.30. The number of carboxylic acids is 1. The Balaban J connectivity index is 2.24. The quantitative estimate of drug-likeness (QED) is 0.743. The van der Waals surface area contributed by atoms with Gasteiger partial charge in [-0.2, -0.15) is 8.78 Å². The molecule has 0 amide bonds. The normalized spacial score (nSPS) is 28.2. The van der Waals surface area contributed by atoms with Crippen LogP contribution in [0.3, 0.4) is 0 Å². The summed E-state index contributed by atoms with van der Waals surface area (Å²) in [7, 11) is 0. The molecule has 1 aliphatic carbocycles. The van der Waals surface area contributed by atoms with Gasteiger partial charge in [0.2, 0.25) is 0 Å². The van der Waals surface area contributed by atoms with Crippen LogP contribution in [0.5, 0.6) is 0 Å². The molecule has 2 atom stereocenters. The molecule has 0 heterocycles. The fourth-order valence-electron chi connectivity index (χ4n) is 1.73. The molecule has 0 radical (unpaired) electrons. The van der Waals surface area contributed by atoms with Crippen molar-refractivity contribution < 1.29 is 23.4 Å². The maximum atomic E-state index is 11.7. The molecule has 0 spiro atoms. The van der Waals surface area contributed by atoms with Crippen LogP contribution in [0.2, 0.25) is 0 Å². The lowest BCUT2D eigenvalue weighted by Crippen LogP contribution is -2.13. The van der Waals surface area contributed by atoms with Gasteiger partial charge < -0.3 is 9.84 Å². The molecular weight excluding hydrogens is 182 g/mol. The van der Waals surface area contributed by atoms with Gasteiger partial charge in [0, 0.05) is 6.42 Å². The summed E-state index contributed by atoms with van der Waals surface area (Å²) in [5.41, 5.74) is 0. The Bertz CT molecular complexity index is 184. The summed E-state index contributed by atoms with van der Waals surface area (Å²) < 4.78 is 27.8. The van der Waals surface area contributed by atoms with Gasteiger partial charge in [0.25, 0.3) is 0 Å². The van der Waals surface area contributed by atoms with E-state index in [0.29, 0.717) is 19.3 Å². The first kappa shape index (κ1) is 10.4. The highest BCUT2D eigenvalue weighted by Gasteiger charge is 2.28. The summed E-state index contributed by atoms with van der Waals surface area (Å²) in [6.07, 6.45) is 1.26. The third kappa shape index (κ3) is 3.67. The van der Waals surface area contributed by atoms with Crippen molar-refractivity contribution in [2.45, 2.75) is 38.4 Å². The lowest BCUT2D eigenvalue weighted by Gasteiger charge is -2.10. The van der Waals surface area contributed by atoms with E-state index in [1.807, 2.05) is 0 Å². The van der Waals surface area contributed by atoms with Crippen molar-refractivity contribution in [3.8, 4) is 0 Å². The summed E-state index contributed by atoms with van der Waals surface area (Å²) in [6.45, 7) is -2.74. The first-order valence-electron chi connectivity index (χ1n) is 4.23. The zero-order chi connectivity index (χ0) is 9.84. The van der Waals surface area contributed by atoms with E-state index in [4.69, 9.17) is 5.11 Å². The number of ether oxygens (including phenoxy) is 1. The highest BCUT2D eigenvalue weighted by atomic mass is 19.3. The minimum absolute atomic E-state index is 0.00116. The van der Waals surface area contributed by atoms with Crippen LogP contribution in [0.15, 0.2) is 0 Å². The van der Waals surface area contributed by atoms with Gasteiger partial charge >= 0.3 is 12.6 Å². The summed E-state index contributed by atoms with van der Waals surface area (Å²) in [5, 5.41) is 8.45.